The number of rotatable bonds is 5. The highest BCUT2D eigenvalue weighted by molar-refractivity contribution is 5.89. The molecule has 1 aromatic heterocycles. The predicted octanol–water partition coefficient (Wildman–Crippen LogP) is 3.86. The molecule has 0 fully saturated rings. The van der Waals surface area contributed by atoms with Gasteiger partial charge in [0.1, 0.15) is 5.82 Å². The van der Waals surface area contributed by atoms with Gasteiger partial charge in [-0.25, -0.2) is 9.18 Å². The number of carbonyl (C=O) groups is 1. The molecule has 0 bridgehead atoms. The largest absolute Gasteiger partial charge is 0.400 e. The normalized spacial score (nSPS) is 9.74. The number of halogens is 1. The Labute approximate surface area is 157 Å². The summed E-state index contributed by atoms with van der Waals surface area (Å²) in [7, 11) is 1.00. The molecule has 0 spiro atoms. The van der Waals surface area contributed by atoms with Crippen LogP contribution in [0, 0.1) is 5.82 Å². The van der Waals surface area contributed by atoms with Crippen molar-refractivity contribution in [2.45, 2.75) is 6.42 Å². The summed E-state index contributed by atoms with van der Waals surface area (Å²) in [5.74, 6) is -0.253. The number of anilines is 1. The van der Waals surface area contributed by atoms with Crippen LogP contribution in [0.2, 0.25) is 0 Å². The monoisotopic (exact) mass is 367 g/mol. The Morgan fingerprint density at radius 1 is 0.963 bits per heavy atom. The van der Waals surface area contributed by atoms with Crippen molar-refractivity contribution in [1.29, 1.82) is 0 Å². The maximum absolute atomic E-state index is 13.5. The number of nitrogens with one attached hydrogen (secondary N) is 2. The van der Waals surface area contributed by atoms with Gasteiger partial charge in [-0.05, 0) is 53.4 Å². The van der Waals surface area contributed by atoms with Crippen molar-refractivity contribution >= 4 is 11.7 Å². The van der Waals surface area contributed by atoms with Crippen LogP contribution in [0.15, 0.2) is 73.1 Å². The maximum Gasteiger partial charge on any atom is 0.319 e. The summed E-state index contributed by atoms with van der Waals surface area (Å²) in [6.07, 6.45) is 3.93. The number of carbonyl (C=O) groups excluding carboxylic acids is 1. The van der Waals surface area contributed by atoms with E-state index >= 15 is 0 Å². The first-order chi connectivity index (χ1) is 13.2. The number of aromatic nitrogens is 1. The number of amides is 2. The fourth-order valence-electron chi connectivity index (χ4n) is 2.48. The summed E-state index contributed by atoms with van der Waals surface area (Å²) in [6, 6.07) is 17.7. The zero-order valence-electron chi connectivity index (χ0n) is 15.0. The Morgan fingerprint density at radius 3 is 2.26 bits per heavy atom. The Bertz CT molecular complexity index is 840. The first-order valence-corrected chi connectivity index (χ1v) is 8.46. The average molecular weight is 367 g/mol. The van der Waals surface area contributed by atoms with Crippen LogP contribution in [-0.2, 0) is 6.42 Å². The summed E-state index contributed by atoms with van der Waals surface area (Å²) in [5.41, 5.74) is 3.40. The van der Waals surface area contributed by atoms with Crippen LogP contribution < -0.4 is 10.6 Å². The third-order valence-electron chi connectivity index (χ3n) is 3.79. The highest BCUT2D eigenvalue weighted by atomic mass is 19.1. The van der Waals surface area contributed by atoms with E-state index < -0.39 is 0 Å². The standard InChI is InChI=1S/C20H18FN3O.CH4O/c21-19-4-2-1-3-17(19)11-14-23-20(25)24-18-7-5-15(6-8-18)16-9-12-22-13-10-16;1-2/h1-10,12-13H,11,14H2,(H2,23,24,25);2H,1H3. The Balaban J connectivity index is 0.00000126. The van der Waals surface area contributed by atoms with Crippen LogP contribution in [0.25, 0.3) is 11.1 Å². The van der Waals surface area contributed by atoms with Crippen molar-refractivity contribution in [2.24, 2.45) is 0 Å². The van der Waals surface area contributed by atoms with Gasteiger partial charge in [-0.1, -0.05) is 30.3 Å². The van der Waals surface area contributed by atoms with Crippen LogP contribution in [0.3, 0.4) is 0 Å². The van der Waals surface area contributed by atoms with Crippen LogP contribution in [0.1, 0.15) is 5.56 Å². The van der Waals surface area contributed by atoms with Gasteiger partial charge in [0.15, 0.2) is 0 Å². The molecule has 2 amide bonds. The van der Waals surface area contributed by atoms with Crippen LogP contribution >= 0.6 is 0 Å². The van der Waals surface area contributed by atoms with Crippen molar-refractivity contribution in [3.63, 3.8) is 0 Å². The Hall–Kier alpha value is -3.25. The Kier molecular flexibility index (Phi) is 7.93. The third-order valence-corrected chi connectivity index (χ3v) is 3.79. The van der Waals surface area contributed by atoms with Gasteiger partial charge < -0.3 is 15.7 Å². The SMILES string of the molecule is CO.O=C(NCCc1ccccc1F)Nc1ccc(-c2ccncc2)cc1. The van der Waals surface area contributed by atoms with Gasteiger partial charge in [0.25, 0.3) is 0 Å². The molecular formula is C21H22FN3O2. The molecule has 0 aliphatic rings. The third kappa shape index (κ3) is 6.20. The number of hydrogen-bond acceptors (Lipinski definition) is 3. The van der Waals surface area contributed by atoms with E-state index in [1.165, 1.54) is 6.07 Å². The van der Waals surface area contributed by atoms with Crippen molar-refractivity contribution in [3.05, 3.63) is 84.4 Å². The number of aliphatic hydroxyl groups is 1. The molecule has 3 aromatic rings. The van der Waals surface area contributed by atoms with Gasteiger partial charge in [-0.2, -0.15) is 0 Å². The summed E-state index contributed by atoms with van der Waals surface area (Å²) >= 11 is 0. The quantitative estimate of drug-likeness (QED) is 0.641. The van der Waals surface area contributed by atoms with E-state index in [-0.39, 0.29) is 11.8 Å². The van der Waals surface area contributed by atoms with E-state index in [9.17, 15) is 9.18 Å². The summed E-state index contributed by atoms with van der Waals surface area (Å²) < 4.78 is 13.5. The molecule has 6 heteroatoms. The molecule has 3 N–H and O–H groups in total. The minimum absolute atomic E-state index is 0.253. The predicted molar refractivity (Wildman–Crippen MR) is 105 cm³/mol. The highest BCUT2D eigenvalue weighted by Gasteiger charge is 2.04. The molecule has 0 atom stereocenters. The number of benzene rings is 2. The van der Waals surface area contributed by atoms with Crippen molar-refractivity contribution in [3.8, 4) is 11.1 Å². The lowest BCUT2D eigenvalue weighted by atomic mass is 10.1. The van der Waals surface area contributed by atoms with Crippen molar-refractivity contribution in [2.75, 3.05) is 19.0 Å². The second-order valence-corrected chi connectivity index (χ2v) is 5.54. The van der Waals surface area contributed by atoms with E-state index in [0.717, 1.165) is 18.2 Å². The molecule has 0 saturated carbocycles. The topological polar surface area (TPSA) is 74.2 Å². The first-order valence-electron chi connectivity index (χ1n) is 8.46. The molecule has 3 rings (SSSR count). The number of hydrogen-bond donors (Lipinski definition) is 3. The number of aliphatic hydroxyl groups excluding tert-OH is 1. The van der Waals surface area contributed by atoms with E-state index in [1.54, 1.807) is 30.6 Å². The lowest BCUT2D eigenvalue weighted by Gasteiger charge is -2.09. The zero-order valence-corrected chi connectivity index (χ0v) is 15.0. The van der Waals surface area contributed by atoms with Gasteiger partial charge in [-0.3, -0.25) is 4.98 Å². The minimum Gasteiger partial charge on any atom is -0.400 e. The Morgan fingerprint density at radius 2 is 1.59 bits per heavy atom. The molecule has 27 heavy (non-hydrogen) atoms. The van der Waals surface area contributed by atoms with Gasteiger partial charge in [0.05, 0.1) is 0 Å². The fourth-order valence-corrected chi connectivity index (χ4v) is 2.48. The molecule has 140 valence electrons. The molecule has 0 aliphatic heterocycles. The second kappa shape index (κ2) is 10.7. The molecular weight excluding hydrogens is 345 g/mol. The van der Waals surface area contributed by atoms with E-state index in [1.807, 2.05) is 36.4 Å². The highest BCUT2D eigenvalue weighted by Crippen LogP contribution is 2.20. The second-order valence-electron chi connectivity index (χ2n) is 5.54. The smallest absolute Gasteiger partial charge is 0.319 e. The zero-order chi connectivity index (χ0) is 19.5. The van der Waals surface area contributed by atoms with Crippen molar-refractivity contribution < 1.29 is 14.3 Å². The molecule has 1 heterocycles. The molecule has 0 unspecified atom stereocenters. The number of nitrogens with zero attached hydrogens (tertiary/aromatic N) is 1. The van der Waals surface area contributed by atoms with Gasteiger partial charge in [0.2, 0.25) is 0 Å². The number of pyridine rings is 1. The molecule has 0 aliphatic carbocycles. The maximum atomic E-state index is 13.5. The van der Waals surface area contributed by atoms with Crippen LogP contribution in [0.5, 0.6) is 0 Å². The van der Waals surface area contributed by atoms with E-state index in [0.29, 0.717) is 24.2 Å². The van der Waals surface area contributed by atoms with Crippen LogP contribution in [0.4, 0.5) is 14.9 Å². The molecule has 2 aromatic carbocycles. The molecule has 5 nitrogen and oxygen atoms in total. The van der Waals surface area contributed by atoms with Gasteiger partial charge in [0, 0.05) is 31.7 Å². The molecule has 0 radical (unpaired) electrons. The van der Waals surface area contributed by atoms with Gasteiger partial charge >= 0.3 is 6.03 Å². The van der Waals surface area contributed by atoms with Crippen molar-refractivity contribution in [1.82, 2.24) is 10.3 Å². The molecule has 0 saturated heterocycles. The van der Waals surface area contributed by atoms with E-state index in [2.05, 4.69) is 15.6 Å². The summed E-state index contributed by atoms with van der Waals surface area (Å²) in [4.78, 5) is 15.9. The fraction of sp³-hybridized carbons (Fsp3) is 0.143. The lowest BCUT2D eigenvalue weighted by Crippen LogP contribution is -2.30. The van der Waals surface area contributed by atoms with Crippen LogP contribution in [-0.4, -0.2) is 29.8 Å². The average Bonchev–Trinajstić information content (AvgIpc) is 2.72. The van der Waals surface area contributed by atoms with Gasteiger partial charge in [-0.15, -0.1) is 0 Å². The first kappa shape index (κ1) is 20.1. The summed E-state index contributed by atoms with van der Waals surface area (Å²) in [6.45, 7) is 0.363. The number of urea groups is 1. The van der Waals surface area contributed by atoms with E-state index in [4.69, 9.17) is 5.11 Å². The minimum atomic E-state index is -0.312. The summed E-state index contributed by atoms with van der Waals surface area (Å²) in [5, 5.41) is 12.5. The lowest BCUT2D eigenvalue weighted by molar-refractivity contribution is 0.252.